The van der Waals surface area contributed by atoms with Gasteiger partial charge in [-0.15, -0.1) is 11.3 Å². The minimum atomic E-state index is -3.30. The van der Waals surface area contributed by atoms with Gasteiger partial charge in [-0.1, -0.05) is 25.7 Å². The number of fused-ring (bicyclic) bond motifs is 1. The van der Waals surface area contributed by atoms with Crippen LogP contribution in [0.4, 0.5) is 5.69 Å². The Bertz CT molecular complexity index is 866. The topological polar surface area (TPSA) is 66.5 Å². The van der Waals surface area contributed by atoms with Gasteiger partial charge in [-0.3, -0.25) is 9.10 Å². The molecule has 0 bridgehead atoms. The zero-order valence-corrected chi connectivity index (χ0v) is 16.3. The van der Waals surface area contributed by atoms with Gasteiger partial charge in [0.2, 0.25) is 10.0 Å². The van der Waals surface area contributed by atoms with E-state index in [-0.39, 0.29) is 11.9 Å². The molecule has 136 valence electrons. The van der Waals surface area contributed by atoms with Crippen molar-refractivity contribution in [1.29, 1.82) is 0 Å². The Hall–Kier alpha value is -1.60. The molecule has 2 aromatic rings. The molecule has 1 aromatic heterocycles. The molecular weight excluding hydrogens is 356 g/mol. The van der Waals surface area contributed by atoms with Gasteiger partial charge in [0.05, 0.1) is 16.8 Å². The predicted molar refractivity (Wildman–Crippen MR) is 104 cm³/mol. The summed E-state index contributed by atoms with van der Waals surface area (Å²) in [5.74, 6) is -0.0221. The Morgan fingerprint density at radius 3 is 2.48 bits per heavy atom. The maximum absolute atomic E-state index is 12.6. The van der Waals surface area contributed by atoms with E-state index in [9.17, 15) is 13.2 Å². The van der Waals surface area contributed by atoms with Crippen molar-refractivity contribution in [2.45, 2.75) is 44.6 Å². The fraction of sp³-hybridized carbons (Fsp3) is 0.500. The summed E-state index contributed by atoms with van der Waals surface area (Å²) in [5, 5.41) is 4.06. The second-order valence-corrected chi connectivity index (χ2v) is 9.82. The second-order valence-electron chi connectivity index (χ2n) is 6.73. The third-order valence-corrected chi connectivity index (χ3v) is 7.10. The summed E-state index contributed by atoms with van der Waals surface area (Å²) in [4.78, 5) is 13.2. The summed E-state index contributed by atoms with van der Waals surface area (Å²) in [7, 11) is -1.77. The molecule has 1 heterocycles. The van der Waals surface area contributed by atoms with E-state index in [1.165, 1.54) is 54.6 Å². The Labute approximate surface area is 153 Å². The first-order valence-electron chi connectivity index (χ1n) is 8.63. The van der Waals surface area contributed by atoms with Crippen molar-refractivity contribution in [2.24, 2.45) is 0 Å². The molecule has 1 N–H and O–H groups in total. The summed E-state index contributed by atoms with van der Waals surface area (Å²) in [5.41, 5.74) is 0.600. The first kappa shape index (κ1) is 18.2. The van der Waals surface area contributed by atoms with Gasteiger partial charge in [0.15, 0.2) is 0 Å². The number of anilines is 1. The van der Waals surface area contributed by atoms with Crippen LogP contribution in [-0.2, 0) is 10.0 Å². The van der Waals surface area contributed by atoms with Gasteiger partial charge >= 0.3 is 0 Å². The highest BCUT2D eigenvalue weighted by Crippen LogP contribution is 2.30. The highest BCUT2D eigenvalue weighted by atomic mass is 32.2. The molecule has 0 spiro atoms. The number of sulfonamides is 1. The summed E-state index contributed by atoms with van der Waals surface area (Å²) < 4.78 is 25.6. The van der Waals surface area contributed by atoms with E-state index in [0.717, 1.165) is 22.9 Å². The lowest BCUT2D eigenvalue weighted by atomic mass is 10.1. The summed E-state index contributed by atoms with van der Waals surface area (Å²) in [6.07, 6.45) is 8.16. The smallest absolute Gasteiger partial charge is 0.261 e. The SMILES string of the molecule is CN(c1ccc2sc(C(=O)NC3CCCCCC3)cc2c1)S(C)(=O)=O. The van der Waals surface area contributed by atoms with Crippen molar-refractivity contribution in [1.82, 2.24) is 5.32 Å². The van der Waals surface area contributed by atoms with Crippen LogP contribution in [0.1, 0.15) is 48.2 Å². The lowest BCUT2D eigenvalue weighted by Gasteiger charge is -2.16. The average molecular weight is 381 g/mol. The van der Waals surface area contributed by atoms with E-state index in [2.05, 4.69) is 5.32 Å². The molecule has 1 aliphatic carbocycles. The van der Waals surface area contributed by atoms with E-state index in [4.69, 9.17) is 0 Å². The van der Waals surface area contributed by atoms with Crippen LogP contribution in [0, 0.1) is 0 Å². The third kappa shape index (κ3) is 4.33. The number of carbonyl (C=O) groups is 1. The van der Waals surface area contributed by atoms with Crippen LogP contribution in [0.25, 0.3) is 10.1 Å². The lowest BCUT2D eigenvalue weighted by Crippen LogP contribution is -2.33. The van der Waals surface area contributed by atoms with Crippen molar-refractivity contribution < 1.29 is 13.2 Å². The molecule has 0 aliphatic heterocycles. The molecule has 1 amide bonds. The van der Waals surface area contributed by atoms with Crippen LogP contribution in [0.3, 0.4) is 0 Å². The summed E-state index contributed by atoms with van der Waals surface area (Å²) in [6.45, 7) is 0. The van der Waals surface area contributed by atoms with Crippen molar-refractivity contribution in [2.75, 3.05) is 17.6 Å². The molecule has 1 saturated carbocycles. The molecule has 5 nitrogen and oxygen atoms in total. The molecule has 1 aliphatic rings. The van der Waals surface area contributed by atoms with Crippen molar-refractivity contribution in [3.8, 4) is 0 Å². The molecule has 25 heavy (non-hydrogen) atoms. The highest BCUT2D eigenvalue weighted by Gasteiger charge is 2.18. The highest BCUT2D eigenvalue weighted by molar-refractivity contribution is 7.92. The summed E-state index contributed by atoms with van der Waals surface area (Å²) >= 11 is 1.45. The second kappa shape index (κ2) is 7.33. The fourth-order valence-electron chi connectivity index (χ4n) is 3.21. The van der Waals surface area contributed by atoms with Crippen LogP contribution in [0.5, 0.6) is 0 Å². The van der Waals surface area contributed by atoms with Gasteiger partial charge in [0.1, 0.15) is 0 Å². The van der Waals surface area contributed by atoms with Crippen molar-refractivity contribution in [3.63, 3.8) is 0 Å². The Balaban J connectivity index is 1.79. The number of hydrogen-bond acceptors (Lipinski definition) is 4. The number of rotatable bonds is 4. The third-order valence-electron chi connectivity index (χ3n) is 4.78. The number of nitrogens with zero attached hydrogens (tertiary/aromatic N) is 1. The maximum atomic E-state index is 12.6. The van der Waals surface area contributed by atoms with Gasteiger partial charge in [-0.05, 0) is 42.5 Å². The van der Waals surface area contributed by atoms with Crippen LogP contribution in [-0.4, -0.2) is 33.7 Å². The summed E-state index contributed by atoms with van der Waals surface area (Å²) in [6, 6.07) is 7.58. The van der Waals surface area contributed by atoms with E-state index < -0.39 is 10.0 Å². The zero-order valence-electron chi connectivity index (χ0n) is 14.6. The Morgan fingerprint density at radius 1 is 1.16 bits per heavy atom. The number of benzene rings is 1. The Morgan fingerprint density at radius 2 is 1.84 bits per heavy atom. The largest absolute Gasteiger partial charge is 0.349 e. The molecule has 1 fully saturated rings. The molecule has 0 saturated heterocycles. The molecule has 0 radical (unpaired) electrons. The lowest BCUT2D eigenvalue weighted by molar-refractivity contribution is 0.0937. The van der Waals surface area contributed by atoms with Gasteiger partial charge in [0, 0.05) is 17.8 Å². The van der Waals surface area contributed by atoms with E-state index in [1.807, 2.05) is 18.2 Å². The van der Waals surface area contributed by atoms with Gasteiger partial charge in [0.25, 0.3) is 5.91 Å². The molecule has 7 heteroatoms. The molecule has 0 atom stereocenters. The van der Waals surface area contributed by atoms with E-state index in [1.54, 1.807) is 6.07 Å². The standard InChI is InChI=1S/C18H24N2O3S2/c1-20(25(2,22)23)15-9-10-16-13(11-15)12-17(24-16)18(21)19-14-7-5-3-4-6-8-14/h9-12,14H,3-8H2,1-2H3,(H,19,21). The normalized spacial score (nSPS) is 16.6. The molecule has 3 rings (SSSR count). The monoisotopic (exact) mass is 380 g/mol. The number of thiophene rings is 1. The van der Waals surface area contributed by atoms with Crippen molar-refractivity contribution >= 4 is 43.0 Å². The van der Waals surface area contributed by atoms with Gasteiger partial charge in [-0.2, -0.15) is 0 Å². The quantitative estimate of drug-likeness (QED) is 0.822. The van der Waals surface area contributed by atoms with E-state index in [0.29, 0.717) is 10.6 Å². The van der Waals surface area contributed by atoms with Gasteiger partial charge in [-0.25, -0.2) is 8.42 Å². The fourth-order valence-corrected chi connectivity index (χ4v) is 4.65. The first-order chi connectivity index (χ1) is 11.8. The number of carbonyl (C=O) groups excluding carboxylic acids is 1. The average Bonchev–Trinajstić information content (AvgIpc) is 2.82. The number of hydrogen-bond donors (Lipinski definition) is 1. The number of amides is 1. The van der Waals surface area contributed by atoms with Crippen LogP contribution in [0.15, 0.2) is 24.3 Å². The number of nitrogens with one attached hydrogen (secondary N) is 1. The van der Waals surface area contributed by atoms with Crippen molar-refractivity contribution in [3.05, 3.63) is 29.1 Å². The predicted octanol–water partition coefficient (Wildman–Crippen LogP) is 3.75. The van der Waals surface area contributed by atoms with Crippen LogP contribution < -0.4 is 9.62 Å². The first-order valence-corrected chi connectivity index (χ1v) is 11.3. The molecule has 1 aromatic carbocycles. The maximum Gasteiger partial charge on any atom is 0.261 e. The van der Waals surface area contributed by atoms with Crippen LogP contribution in [0.2, 0.25) is 0 Å². The van der Waals surface area contributed by atoms with Gasteiger partial charge < -0.3 is 5.32 Å². The molecule has 0 unspecified atom stereocenters. The van der Waals surface area contributed by atoms with Crippen LogP contribution >= 0.6 is 11.3 Å². The van der Waals surface area contributed by atoms with E-state index >= 15 is 0 Å². The minimum Gasteiger partial charge on any atom is -0.349 e. The zero-order chi connectivity index (χ0) is 18.0. The molecular formula is C18H24N2O3S2. The minimum absolute atomic E-state index is 0.0221. The Kier molecular flexibility index (Phi) is 5.34.